The lowest BCUT2D eigenvalue weighted by molar-refractivity contribution is 0.299. The Morgan fingerprint density at radius 2 is 1.74 bits per heavy atom. The standard InChI is InChI=1S/C18H15NO3S/c1-2-22-13-12-15-14-19(18-11-7-6-10-17(15)18)23(20,21)16-8-4-3-5-9-16/h3-11,14H,2H2,1H3. The van der Waals surface area contributed by atoms with E-state index in [-0.39, 0.29) is 4.90 Å². The minimum absolute atomic E-state index is 0.241. The number of benzene rings is 2. The van der Waals surface area contributed by atoms with E-state index in [1.807, 2.05) is 19.1 Å². The summed E-state index contributed by atoms with van der Waals surface area (Å²) in [6.07, 6.45) is 4.13. The number of aromatic nitrogens is 1. The van der Waals surface area contributed by atoms with Gasteiger partial charge in [-0.25, -0.2) is 12.4 Å². The third-order valence-electron chi connectivity index (χ3n) is 3.38. The molecule has 3 rings (SSSR count). The van der Waals surface area contributed by atoms with Crippen molar-refractivity contribution in [3.05, 3.63) is 66.4 Å². The summed E-state index contributed by atoms with van der Waals surface area (Å²) in [5.74, 6) is 2.88. The summed E-state index contributed by atoms with van der Waals surface area (Å²) in [5.41, 5.74) is 1.21. The van der Waals surface area contributed by atoms with Crippen molar-refractivity contribution in [2.45, 2.75) is 11.8 Å². The molecule has 0 amide bonds. The van der Waals surface area contributed by atoms with Gasteiger partial charge < -0.3 is 4.74 Å². The lowest BCUT2D eigenvalue weighted by Gasteiger charge is -2.06. The number of hydrogen-bond acceptors (Lipinski definition) is 3. The number of rotatable bonds is 3. The predicted molar refractivity (Wildman–Crippen MR) is 89.5 cm³/mol. The average Bonchev–Trinajstić information content (AvgIpc) is 2.96. The van der Waals surface area contributed by atoms with Crippen molar-refractivity contribution in [1.29, 1.82) is 0 Å². The van der Waals surface area contributed by atoms with E-state index in [0.717, 1.165) is 5.39 Å². The number of ether oxygens (including phenoxy) is 1. The van der Waals surface area contributed by atoms with Crippen molar-refractivity contribution >= 4 is 20.9 Å². The molecule has 0 bridgehead atoms. The first-order valence-corrected chi connectivity index (χ1v) is 8.62. The van der Waals surface area contributed by atoms with Crippen LogP contribution < -0.4 is 0 Å². The molecule has 0 N–H and O–H groups in total. The van der Waals surface area contributed by atoms with Crippen LogP contribution in [0.4, 0.5) is 0 Å². The number of fused-ring (bicyclic) bond motifs is 1. The van der Waals surface area contributed by atoms with E-state index in [4.69, 9.17) is 4.74 Å². The second kappa shape index (κ2) is 6.19. The van der Waals surface area contributed by atoms with E-state index in [1.165, 1.54) is 3.97 Å². The monoisotopic (exact) mass is 325 g/mol. The SMILES string of the molecule is CCOC#Cc1cn(S(=O)(=O)c2ccccc2)c2ccccc12. The van der Waals surface area contributed by atoms with Crippen LogP contribution in [0.3, 0.4) is 0 Å². The quantitative estimate of drug-likeness (QED) is 0.695. The highest BCUT2D eigenvalue weighted by Crippen LogP contribution is 2.25. The van der Waals surface area contributed by atoms with Gasteiger partial charge >= 0.3 is 0 Å². The molecule has 1 heterocycles. The maximum atomic E-state index is 12.9. The van der Waals surface area contributed by atoms with Crippen molar-refractivity contribution in [2.24, 2.45) is 0 Å². The van der Waals surface area contributed by atoms with Gasteiger partial charge in [-0.05, 0) is 31.0 Å². The molecule has 116 valence electrons. The highest BCUT2D eigenvalue weighted by molar-refractivity contribution is 7.90. The fourth-order valence-corrected chi connectivity index (χ4v) is 3.71. The van der Waals surface area contributed by atoms with E-state index in [9.17, 15) is 8.42 Å². The number of para-hydroxylation sites is 1. The van der Waals surface area contributed by atoms with Crippen LogP contribution in [0.15, 0.2) is 65.7 Å². The summed E-state index contributed by atoms with van der Waals surface area (Å²) in [7, 11) is -3.67. The first-order valence-electron chi connectivity index (χ1n) is 7.18. The lowest BCUT2D eigenvalue weighted by atomic mass is 10.2. The molecule has 0 saturated heterocycles. The maximum absolute atomic E-state index is 12.9. The fourth-order valence-electron chi connectivity index (χ4n) is 2.32. The Bertz CT molecular complexity index is 993. The Kier molecular flexibility index (Phi) is 4.09. The lowest BCUT2D eigenvalue weighted by Crippen LogP contribution is -2.11. The van der Waals surface area contributed by atoms with Gasteiger partial charge in [-0.1, -0.05) is 36.4 Å². The molecule has 2 aromatic carbocycles. The van der Waals surface area contributed by atoms with Gasteiger partial charge in [0.2, 0.25) is 0 Å². The summed E-state index contributed by atoms with van der Waals surface area (Å²) >= 11 is 0. The summed E-state index contributed by atoms with van der Waals surface area (Å²) in [5, 5.41) is 0.777. The van der Waals surface area contributed by atoms with Crippen molar-refractivity contribution in [1.82, 2.24) is 3.97 Å². The molecular formula is C18H15NO3S. The second-order valence-corrected chi connectivity index (χ2v) is 6.65. The fraction of sp³-hybridized carbons (Fsp3) is 0.111. The molecule has 0 aliphatic heterocycles. The molecule has 0 saturated carbocycles. The van der Waals surface area contributed by atoms with Gasteiger partial charge in [0.25, 0.3) is 10.0 Å². The first kappa shape index (κ1) is 15.2. The van der Waals surface area contributed by atoms with E-state index in [1.54, 1.807) is 48.7 Å². The van der Waals surface area contributed by atoms with Crippen LogP contribution in [-0.4, -0.2) is 19.0 Å². The molecule has 0 radical (unpaired) electrons. The van der Waals surface area contributed by atoms with E-state index in [0.29, 0.717) is 17.7 Å². The number of hydrogen-bond donors (Lipinski definition) is 0. The molecule has 0 aliphatic rings. The van der Waals surface area contributed by atoms with Gasteiger partial charge in [-0.3, -0.25) is 0 Å². The van der Waals surface area contributed by atoms with Crippen LogP contribution >= 0.6 is 0 Å². The van der Waals surface area contributed by atoms with Gasteiger partial charge in [0, 0.05) is 11.6 Å². The van der Waals surface area contributed by atoms with Crippen LogP contribution in [0.5, 0.6) is 0 Å². The summed E-state index contributed by atoms with van der Waals surface area (Å²) in [6.45, 7) is 2.33. The topological polar surface area (TPSA) is 48.3 Å². The van der Waals surface area contributed by atoms with Crippen molar-refractivity contribution < 1.29 is 13.2 Å². The Balaban J connectivity index is 2.22. The maximum Gasteiger partial charge on any atom is 0.268 e. The van der Waals surface area contributed by atoms with Crippen molar-refractivity contribution in [3.8, 4) is 12.0 Å². The zero-order valence-corrected chi connectivity index (χ0v) is 13.4. The molecule has 0 unspecified atom stereocenters. The van der Waals surface area contributed by atoms with Crippen LogP contribution in [-0.2, 0) is 14.8 Å². The zero-order valence-electron chi connectivity index (χ0n) is 12.6. The minimum atomic E-state index is -3.67. The largest absolute Gasteiger partial charge is 0.447 e. The van der Waals surface area contributed by atoms with E-state index in [2.05, 4.69) is 12.0 Å². The van der Waals surface area contributed by atoms with Crippen LogP contribution in [0.2, 0.25) is 0 Å². The molecule has 4 nitrogen and oxygen atoms in total. The molecule has 1 aromatic heterocycles. The molecule has 3 aromatic rings. The molecule has 23 heavy (non-hydrogen) atoms. The van der Waals surface area contributed by atoms with Gasteiger partial charge in [0.05, 0.1) is 22.6 Å². The molecule has 0 spiro atoms. The Morgan fingerprint density at radius 3 is 2.48 bits per heavy atom. The Hall–Kier alpha value is -2.71. The first-order chi connectivity index (χ1) is 11.1. The predicted octanol–water partition coefficient (Wildman–Crippen LogP) is 3.22. The highest BCUT2D eigenvalue weighted by Gasteiger charge is 2.20. The molecule has 0 fully saturated rings. The number of nitrogens with zero attached hydrogens (tertiary/aromatic N) is 1. The summed E-state index contributed by atoms with van der Waals surface area (Å²) in [6, 6.07) is 15.6. The van der Waals surface area contributed by atoms with Gasteiger partial charge in [-0.2, -0.15) is 0 Å². The van der Waals surface area contributed by atoms with Crippen LogP contribution in [0, 0.1) is 12.0 Å². The molecular weight excluding hydrogens is 310 g/mol. The third-order valence-corrected chi connectivity index (χ3v) is 5.07. The smallest absolute Gasteiger partial charge is 0.268 e. The Morgan fingerprint density at radius 1 is 1.04 bits per heavy atom. The average molecular weight is 325 g/mol. The van der Waals surface area contributed by atoms with Gasteiger partial charge in [0.15, 0.2) is 0 Å². The van der Waals surface area contributed by atoms with Crippen molar-refractivity contribution in [3.63, 3.8) is 0 Å². The minimum Gasteiger partial charge on any atom is -0.447 e. The normalized spacial score (nSPS) is 11.0. The summed E-state index contributed by atoms with van der Waals surface area (Å²) in [4.78, 5) is 0.241. The summed E-state index contributed by atoms with van der Waals surface area (Å²) < 4.78 is 32.1. The van der Waals surface area contributed by atoms with E-state index >= 15 is 0 Å². The van der Waals surface area contributed by atoms with Gasteiger partial charge in [-0.15, -0.1) is 0 Å². The zero-order chi connectivity index (χ0) is 16.3. The van der Waals surface area contributed by atoms with Crippen LogP contribution in [0.1, 0.15) is 12.5 Å². The Labute approximate surface area is 135 Å². The van der Waals surface area contributed by atoms with Crippen molar-refractivity contribution in [2.75, 3.05) is 6.61 Å². The second-order valence-electron chi connectivity index (χ2n) is 4.83. The molecule has 0 aliphatic carbocycles. The van der Waals surface area contributed by atoms with E-state index < -0.39 is 10.0 Å². The van der Waals surface area contributed by atoms with Gasteiger partial charge in [0.1, 0.15) is 6.11 Å². The van der Waals surface area contributed by atoms with Crippen LogP contribution in [0.25, 0.3) is 10.9 Å². The third kappa shape index (κ3) is 2.81. The molecule has 0 atom stereocenters. The molecule has 5 heteroatoms. The highest BCUT2D eigenvalue weighted by atomic mass is 32.2.